The maximum atomic E-state index is 10.2. The van der Waals surface area contributed by atoms with E-state index in [4.69, 9.17) is 4.74 Å². The van der Waals surface area contributed by atoms with E-state index in [1.54, 1.807) is 0 Å². The lowest BCUT2D eigenvalue weighted by Crippen LogP contribution is -2.50. The number of hydrogen-bond donors (Lipinski definition) is 2. The summed E-state index contributed by atoms with van der Waals surface area (Å²) in [5.41, 5.74) is 1.07. The molecule has 0 aliphatic carbocycles. The summed E-state index contributed by atoms with van der Waals surface area (Å²) in [6.45, 7) is 6.11. The largest absolute Gasteiger partial charge is 0.491 e. The van der Waals surface area contributed by atoms with Gasteiger partial charge in [0, 0.05) is 12.6 Å². The molecule has 0 spiro atoms. The number of aryl methyl sites for hydroxylation is 1. The second kappa shape index (κ2) is 7.78. The topological polar surface area (TPSA) is 52.9 Å². The number of β-amino-alcohol motifs (C(OH)–C–C–N with tert-alkyl or cyclic N) is 1. The Balaban J connectivity index is 1.83. The second-order valence-corrected chi connectivity index (χ2v) is 6.09. The molecule has 0 saturated carbocycles. The van der Waals surface area contributed by atoms with Crippen LogP contribution in [0.25, 0.3) is 0 Å². The molecule has 4 heteroatoms. The maximum absolute atomic E-state index is 10.2. The van der Waals surface area contributed by atoms with Gasteiger partial charge in [-0.05, 0) is 43.9 Å². The molecule has 1 aliphatic rings. The molecule has 1 aromatic rings. The van der Waals surface area contributed by atoms with Gasteiger partial charge in [-0.1, -0.05) is 25.1 Å². The molecular weight excluding hydrogens is 266 g/mol. The van der Waals surface area contributed by atoms with Crippen molar-refractivity contribution in [1.29, 1.82) is 0 Å². The van der Waals surface area contributed by atoms with Gasteiger partial charge < -0.3 is 14.9 Å². The molecule has 1 heterocycles. The quantitative estimate of drug-likeness (QED) is 0.840. The van der Waals surface area contributed by atoms with Crippen LogP contribution in [0.4, 0.5) is 0 Å². The Morgan fingerprint density at radius 1 is 1.38 bits per heavy atom. The highest BCUT2D eigenvalue weighted by Crippen LogP contribution is 2.23. The van der Waals surface area contributed by atoms with Crippen molar-refractivity contribution in [2.24, 2.45) is 5.92 Å². The summed E-state index contributed by atoms with van der Waals surface area (Å²) in [5.74, 6) is 1.30. The van der Waals surface area contributed by atoms with Crippen LogP contribution in [0.5, 0.6) is 5.75 Å². The first-order valence-corrected chi connectivity index (χ1v) is 7.83. The molecule has 2 rings (SSSR count). The summed E-state index contributed by atoms with van der Waals surface area (Å²) in [7, 11) is 0. The zero-order valence-corrected chi connectivity index (χ0v) is 13.0. The van der Waals surface area contributed by atoms with Crippen molar-refractivity contribution < 1.29 is 14.9 Å². The van der Waals surface area contributed by atoms with E-state index >= 15 is 0 Å². The molecule has 1 aromatic carbocycles. The van der Waals surface area contributed by atoms with Crippen molar-refractivity contribution >= 4 is 0 Å². The number of benzene rings is 1. The predicted octanol–water partition coefficient (Wildman–Crippen LogP) is 1.83. The van der Waals surface area contributed by atoms with Crippen molar-refractivity contribution in [2.45, 2.75) is 38.8 Å². The molecule has 1 fully saturated rings. The highest BCUT2D eigenvalue weighted by atomic mass is 16.5. The van der Waals surface area contributed by atoms with Crippen LogP contribution in [0.3, 0.4) is 0 Å². The standard InChI is InChI=1S/C17H27NO3/c1-13-7-5-9-18(16(13)11-19)10-15(20)12-21-17-8-4-3-6-14(17)2/h3-4,6,8,13,15-16,19-20H,5,7,9-12H2,1-2H3. The van der Waals surface area contributed by atoms with Crippen molar-refractivity contribution in [3.63, 3.8) is 0 Å². The van der Waals surface area contributed by atoms with Gasteiger partial charge in [-0.2, -0.15) is 0 Å². The molecule has 0 bridgehead atoms. The smallest absolute Gasteiger partial charge is 0.122 e. The molecule has 118 valence electrons. The highest BCUT2D eigenvalue weighted by Gasteiger charge is 2.29. The van der Waals surface area contributed by atoms with Crippen LogP contribution in [0.1, 0.15) is 25.3 Å². The number of aliphatic hydroxyl groups excluding tert-OH is 2. The minimum atomic E-state index is -0.538. The zero-order valence-electron chi connectivity index (χ0n) is 13.0. The highest BCUT2D eigenvalue weighted by molar-refractivity contribution is 5.31. The number of ether oxygens (including phenoxy) is 1. The number of para-hydroxylation sites is 1. The third kappa shape index (κ3) is 4.43. The van der Waals surface area contributed by atoms with Crippen LogP contribution >= 0.6 is 0 Å². The minimum absolute atomic E-state index is 0.159. The second-order valence-electron chi connectivity index (χ2n) is 6.09. The van der Waals surface area contributed by atoms with Crippen molar-refractivity contribution in [1.82, 2.24) is 4.90 Å². The van der Waals surface area contributed by atoms with Gasteiger partial charge in [0.2, 0.25) is 0 Å². The van der Waals surface area contributed by atoms with Gasteiger partial charge in [-0.3, -0.25) is 4.90 Å². The first kappa shape index (κ1) is 16.3. The van der Waals surface area contributed by atoms with E-state index in [1.165, 1.54) is 0 Å². The fourth-order valence-electron chi connectivity index (χ4n) is 3.08. The lowest BCUT2D eigenvalue weighted by atomic mass is 9.91. The monoisotopic (exact) mass is 293 g/mol. The third-order valence-corrected chi connectivity index (χ3v) is 4.39. The van der Waals surface area contributed by atoms with Crippen LogP contribution in [0, 0.1) is 12.8 Å². The molecule has 4 nitrogen and oxygen atoms in total. The summed E-state index contributed by atoms with van der Waals surface area (Å²) < 4.78 is 5.70. The maximum Gasteiger partial charge on any atom is 0.122 e. The van der Waals surface area contributed by atoms with Crippen molar-refractivity contribution in [3.05, 3.63) is 29.8 Å². The molecule has 0 amide bonds. The lowest BCUT2D eigenvalue weighted by molar-refractivity contribution is 0.00370. The van der Waals surface area contributed by atoms with Gasteiger partial charge in [-0.15, -0.1) is 0 Å². The fourth-order valence-corrected chi connectivity index (χ4v) is 3.08. The van der Waals surface area contributed by atoms with E-state index in [0.29, 0.717) is 12.5 Å². The van der Waals surface area contributed by atoms with E-state index in [-0.39, 0.29) is 19.3 Å². The molecule has 3 unspecified atom stereocenters. The molecular formula is C17H27NO3. The Morgan fingerprint density at radius 2 is 2.14 bits per heavy atom. The van der Waals surface area contributed by atoms with Crippen LogP contribution in [0.2, 0.25) is 0 Å². The number of aliphatic hydroxyl groups is 2. The Labute approximate surface area is 127 Å². The third-order valence-electron chi connectivity index (χ3n) is 4.39. The van der Waals surface area contributed by atoms with Crippen molar-refractivity contribution in [2.75, 3.05) is 26.3 Å². The van der Waals surface area contributed by atoms with E-state index in [1.807, 2.05) is 31.2 Å². The Kier molecular flexibility index (Phi) is 6.03. The molecule has 2 N–H and O–H groups in total. The average molecular weight is 293 g/mol. The summed E-state index contributed by atoms with van der Waals surface area (Å²) in [6, 6.07) is 7.98. The number of hydrogen-bond acceptors (Lipinski definition) is 4. The van der Waals surface area contributed by atoms with Crippen molar-refractivity contribution in [3.8, 4) is 5.75 Å². The molecule has 21 heavy (non-hydrogen) atoms. The Bertz CT molecular complexity index is 438. The molecule has 3 atom stereocenters. The number of likely N-dealkylation sites (tertiary alicyclic amines) is 1. The van der Waals surface area contributed by atoms with Gasteiger partial charge in [0.1, 0.15) is 18.5 Å². The van der Waals surface area contributed by atoms with Crippen LogP contribution in [0.15, 0.2) is 24.3 Å². The van der Waals surface area contributed by atoms with Crippen LogP contribution in [-0.4, -0.2) is 53.6 Å². The summed E-state index contributed by atoms with van der Waals surface area (Å²) >= 11 is 0. The summed E-state index contributed by atoms with van der Waals surface area (Å²) in [5, 5.41) is 19.7. The average Bonchev–Trinajstić information content (AvgIpc) is 2.47. The van der Waals surface area contributed by atoms with Gasteiger partial charge in [0.05, 0.1) is 6.61 Å². The summed E-state index contributed by atoms with van der Waals surface area (Å²) in [6.07, 6.45) is 1.74. The van der Waals surface area contributed by atoms with Crippen LogP contribution in [-0.2, 0) is 0 Å². The number of rotatable bonds is 6. The zero-order chi connectivity index (χ0) is 15.2. The SMILES string of the molecule is Cc1ccccc1OCC(O)CN1CCCC(C)C1CO. The van der Waals surface area contributed by atoms with Crippen LogP contribution < -0.4 is 4.74 Å². The van der Waals surface area contributed by atoms with E-state index in [2.05, 4.69) is 11.8 Å². The predicted molar refractivity (Wildman–Crippen MR) is 83.5 cm³/mol. The normalized spacial score (nSPS) is 24.8. The first-order chi connectivity index (χ1) is 10.1. The van der Waals surface area contributed by atoms with E-state index < -0.39 is 6.10 Å². The summed E-state index contributed by atoms with van der Waals surface area (Å²) in [4.78, 5) is 2.19. The van der Waals surface area contributed by atoms with E-state index in [0.717, 1.165) is 30.7 Å². The fraction of sp³-hybridized carbons (Fsp3) is 0.647. The minimum Gasteiger partial charge on any atom is -0.491 e. The Hall–Kier alpha value is -1.10. The van der Waals surface area contributed by atoms with Gasteiger partial charge >= 0.3 is 0 Å². The lowest BCUT2D eigenvalue weighted by Gasteiger charge is -2.39. The van der Waals surface area contributed by atoms with Gasteiger partial charge in [0.25, 0.3) is 0 Å². The molecule has 0 radical (unpaired) electrons. The molecule has 0 aromatic heterocycles. The molecule has 1 aliphatic heterocycles. The number of piperidine rings is 1. The molecule has 1 saturated heterocycles. The van der Waals surface area contributed by atoms with Gasteiger partial charge in [-0.25, -0.2) is 0 Å². The van der Waals surface area contributed by atoms with E-state index in [9.17, 15) is 10.2 Å². The van der Waals surface area contributed by atoms with Gasteiger partial charge in [0.15, 0.2) is 0 Å². The first-order valence-electron chi connectivity index (χ1n) is 7.83. The Morgan fingerprint density at radius 3 is 2.86 bits per heavy atom. The number of nitrogens with zero attached hydrogens (tertiary/aromatic N) is 1.